The Labute approximate surface area is 177 Å². The number of fused-ring (bicyclic) bond motifs is 3. The van der Waals surface area contributed by atoms with Gasteiger partial charge in [0.1, 0.15) is 18.6 Å². The number of hydrogen-bond acceptors (Lipinski definition) is 5. The van der Waals surface area contributed by atoms with Gasteiger partial charge in [0, 0.05) is 12.5 Å². The predicted molar refractivity (Wildman–Crippen MR) is 110 cm³/mol. The molecule has 3 saturated carbocycles. The highest BCUT2D eigenvalue weighted by Crippen LogP contribution is 2.64. The van der Waals surface area contributed by atoms with Crippen molar-refractivity contribution in [3.05, 3.63) is 35.9 Å². The molecule has 3 aliphatic carbocycles. The zero-order valence-electron chi connectivity index (χ0n) is 18.0. The normalized spacial score (nSPS) is 47.8. The molecule has 2 bridgehead atoms. The fourth-order valence-electron chi connectivity index (χ4n) is 7.71. The van der Waals surface area contributed by atoms with Crippen LogP contribution < -0.4 is 0 Å². The molecule has 1 aromatic rings. The zero-order chi connectivity index (χ0) is 20.9. The Morgan fingerprint density at radius 3 is 2.30 bits per heavy atom. The number of hydrogen-bond donors (Lipinski definition) is 0. The minimum atomic E-state index is -2.26. The summed E-state index contributed by atoms with van der Waals surface area (Å²) in [6.07, 6.45) is 3.43. The van der Waals surface area contributed by atoms with E-state index in [1.54, 1.807) is 0 Å². The molecule has 6 fully saturated rings. The monoisotopic (exact) mass is 411 g/mol. The lowest BCUT2D eigenvalue weighted by atomic mass is 9.45. The van der Waals surface area contributed by atoms with Crippen LogP contribution in [-0.4, -0.2) is 48.2 Å². The van der Waals surface area contributed by atoms with E-state index in [-0.39, 0.29) is 31.1 Å². The summed E-state index contributed by atoms with van der Waals surface area (Å²) in [5.41, 5.74) is 0.561. The van der Waals surface area contributed by atoms with Gasteiger partial charge in [-0.15, -0.1) is 0 Å². The highest BCUT2D eigenvalue weighted by molar-refractivity contribution is 6.69. The second-order valence-electron chi connectivity index (χ2n) is 11.2. The van der Waals surface area contributed by atoms with Gasteiger partial charge in [-0.05, 0) is 42.1 Å². The lowest BCUT2D eigenvalue weighted by Crippen LogP contribution is -2.72. The van der Waals surface area contributed by atoms with Crippen LogP contribution in [0, 0.1) is 23.2 Å². The number of carbonyl (C=O) groups is 2. The Hall–Kier alpha value is -1.86. The van der Waals surface area contributed by atoms with Gasteiger partial charge in [0.15, 0.2) is 0 Å². The van der Waals surface area contributed by atoms with Crippen LogP contribution in [-0.2, 0) is 23.6 Å². The first kappa shape index (κ1) is 18.9. The van der Waals surface area contributed by atoms with Crippen molar-refractivity contribution in [3.63, 3.8) is 0 Å². The summed E-state index contributed by atoms with van der Waals surface area (Å²) in [6.45, 7) is 5.63. The smallest absolute Gasteiger partial charge is 0.598 e. The summed E-state index contributed by atoms with van der Waals surface area (Å²) in [4.78, 5) is 25.4. The van der Waals surface area contributed by atoms with Crippen molar-refractivity contribution in [2.24, 2.45) is 23.2 Å². The number of rotatable bonds is 4. The molecular formula is C23H30BNO5. The lowest BCUT2D eigenvalue weighted by Gasteiger charge is -2.61. The fraction of sp³-hybridized carbons (Fsp3) is 0.652. The van der Waals surface area contributed by atoms with Crippen molar-refractivity contribution < 1.29 is 28.0 Å². The molecule has 6 aliphatic rings. The van der Waals surface area contributed by atoms with Gasteiger partial charge < -0.3 is 18.4 Å². The number of epoxide rings is 1. The van der Waals surface area contributed by atoms with Crippen LogP contribution in [0.25, 0.3) is 0 Å². The molecule has 6 nitrogen and oxygen atoms in total. The average molecular weight is 411 g/mol. The van der Waals surface area contributed by atoms with Crippen LogP contribution in [0.3, 0.4) is 0 Å². The molecule has 7 rings (SSSR count). The molecule has 3 heterocycles. The molecule has 3 aliphatic heterocycles. The summed E-state index contributed by atoms with van der Waals surface area (Å²) >= 11 is 0. The Balaban J connectivity index is 1.37. The molecule has 30 heavy (non-hydrogen) atoms. The van der Waals surface area contributed by atoms with Gasteiger partial charge >= 0.3 is 18.6 Å². The third-order valence-electron chi connectivity index (χ3n) is 9.45. The first-order chi connectivity index (χ1) is 14.2. The van der Waals surface area contributed by atoms with E-state index >= 15 is 0 Å². The van der Waals surface area contributed by atoms with E-state index in [4.69, 9.17) is 14.0 Å². The molecule has 0 spiro atoms. The van der Waals surface area contributed by atoms with E-state index in [1.165, 1.54) is 12.8 Å². The van der Waals surface area contributed by atoms with Crippen molar-refractivity contribution in [1.29, 1.82) is 0 Å². The Kier molecular flexibility index (Phi) is 3.58. The summed E-state index contributed by atoms with van der Waals surface area (Å²) in [7, 11) is 0. The van der Waals surface area contributed by atoms with Gasteiger partial charge in [0.25, 0.3) is 0 Å². The van der Waals surface area contributed by atoms with Crippen LogP contribution in [0.15, 0.2) is 30.3 Å². The second kappa shape index (κ2) is 5.68. The number of carbonyl (C=O) groups excluding carboxylic acids is 2. The van der Waals surface area contributed by atoms with E-state index in [9.17, 15) is 9.59 Å². The average Bonchev–Trinajstić information content (AvgIpc) is 3.23. The van der Waals surface area contributed by atoms with E-state index in [2.05, 4.69) is 13.8 Å². The van der Waals surface area contributed by atoms with Gasteiger partial charge in [-0.1, -0.05) is 51.1 Å². The van der Waals surface area contributed by atoms with Gasteiger partial charge in [-0.2, -0.15) is 0 Å². The van der Waals surface area contributed by atoms with Crippen LogP contribution in [0.5, 0.6) is 0 Å². The molecule has 1 aromatic carbocycles. The molecule has 0 N–H and O–H groups in total. The molecule has 0 radical (unpaired) electrons. The first-order valence-corrected chi connectivity index (χ1v) is 11.4. The summed E-state index contributed by atoms with van der Waals surface area (Å²) in [5.74, 6) is 1.39. The van der Waals surface area contributed by atoms with Gasteiger partial charge in [0.2, 0.25) is 0 Å². The molecule has 160 valence electrons. The number of ether oxygens (including phenoxy) is 1. The minimum absolute atomic E-state index is 0.208. The number of quaternary nitrogens is 1. The fourth-order valence-corrected chi connectivity index (χ4v) is 7.71. The largest absolute Gasteiger partial charge is 0.617 e. The third kappa shape index (κ3) is 2.18. The molecular weight excluding hydrogens is 381 g/mol. The molecule has 0 aromatic heterocycles. The van der Waals surface area contributed by atoms with Crippen LogP contribution in [0.2, 0.25) is 0 Å². The Morgan fingerprint density at radius 2 is 1.70 bits per heavy atom. The lowest BCUT2D eigenvalue weighted by molar-refractivity contribution is -0.822. The molecule has 5 atom stereocenters. The SMILES string of the molecule is CC1(C)[C@@H]2CCC(C[N+]34CC(=O)O[B-]3([C@]3(C)O[C@H]3c3ccccc3)OC(=O)C4)[C@H]1C2. The number of benzene rings is 1. The second-order valence-corrected chi connectivity index (χ2v) is 11.2. The Bertz CT molecular complexity index is 911. The van der Waals surface area contributed by atoms with E-state index in [0.717, 1.165) is 24.4 Å². The van der Waals surface area contributed by atoms with E-state index < -0.39 is 12.2 Å². The molecule has 0 amide bonds. The standard InChI is InChI=1S/C23H30BNO5/c1-22(2)17-10-9-16(18(22)11-17)12-25-13-19(26)29-24(25,30-20(27)14-25)23(3)21(28-23)15-7-5-4-6-8-15/h4-8,16-18,21H,9-14H2,1-3H3/t16?,17-,18-,21+,23-,24?,25?/m1/s1. The first-order valence-electron chi connectivity index (χ1n) is 11.4. The highest BCUT2D eigenvalue weighted by Gasteiger charge is 2.84. The quantitative estimate of drug-likeness (QED) is 0.563. The molecule has 3 saturated heterocycles. The van der Waals surface area contributed by atoms with Crippen molar-refractivity contribution in [1.82, 2.24) is 0 Å². The van der Waals surface area contributed by atoms with Crippen LogP contribution >= 0.6 is 0 Å². The van der Waals surface area contributed by atoms with Crippen LogP contribution in [0.4, 0.5) is 0 Å². The summed E-state index contributed by atoms with van der Waals surface area (Å²) < 4.78 is 18.5. The third-order valence-corrected chi connectivity index (χ3v) is 9.45. The van der Waals surface area contributed by atoms with E-state index in [1.807, 2.05) is 37.3 Å². The minimum Gasteiger partial charge on any atom is -0.598 e. The molecule has 7 heteroatoms. The topological polar surface area (TPSA) is 65.1 Å². The van der Waals surface area contributed by atoms with E-state index in [0.29, 0.717) is 21.6 Å². The van der Waals surface area contributed by atoms with Gasteiger partial charge in [0.05, 0.1) is 6.10 Å². The number of nitrogens with zero attached hydrogens (tertiary/aromatic N) is 1. The van der Waals surface area contributed by atoms with Crippen molar-refractivity contribution in [2.45, 2.75) is 51.6 Å². The van der Waals surface area contributed by atoms with Gasteiger partial charge in [-0.25, -0.2) is 0 Å². The van der Waals surface area contributed by atoms with Crippen LogP contribution in [0.1, 0.15) is 51.7 Å². The maximum Gasteiger partial charge on any atom is 0.617 e. The summed E-state index contributed by atoms with van der Waals surface area (Å²) in [5, 5.41) is 0. The highest BCUT2D eigenvalue weighted by atomic mass is 16.7. The predicted octanol–water partition coefficient (Wildman–Crippen LogP) is 3.00. The zero-order valence-corrected chi connectivity index (χ0v) is 18.0. The van der Waals surface area contributed by atoms with Crippen molar-refractivity contribution >= 4 is 18.6 Å². The van der Waals surface area contributed by atoms with Gasteiger partial charge in [-0.3, -0.25) is 9.59 Å². The maximum atomic E-state index is 12.7. The Morgan fingerprint density at radius 1 is 1.03 bits per heavy atom. The molecule has 1 unspecified atom stereocenters. The van der Waals surface area contributed by atoms with Crippen molar-refractivity contribution in [2.75, 3.05) is 19.6 Å². The summed E-state index contributed by atoms with van der Waals surface area (Å²) in [6, 6.07) is 9.95. The van der Waals surface area contributed by atoms with Crippen molar-refractivity contribution in [3.8, 4) is 0 Å². The maximum absolute atomic E-state index is 12.7.